The van der Waals surface area contributed by atoms with Crippen molar-refractivity contribution in [1.82, 2.24) is 10.2 Å². The molecule has 8 heteroatoms. The van der Waals surface area contributed by atoms with Crippen LogP contribution in [0, 0.1) is 0 Å². The van der Waals surface area contributed by atoms with Crippen LogP contribution in [0.25, 0.3) is 0 Å². The summed E-state index contributed by atoms with van der Waals surface area (Å²) in [6.45, 7) is 3.36. The SMILES string of the molecule is CNC(=O)c1sc(N2CCN(C)CC2)c(C(=O)OC)c1N. The smallest absolute Gasteiger partial charge is 0.343 e. The predicted molar refractivity (Wildman–Crippen MR) is 83.2 cm³/mol. The van der Waals surface area contributed by atoms with Crippen LogP contribution < -0.4 is 16.0 Å². The molecule has 116 valence electrons. The third-order valence-corrected chi connectivity index (χ3v) is 4.80. The van der Waals surface area contributed by atoms with Crippen molar-refractivity contribution < 1.29 is 14.3 Å². The minimum atomic E-state index is -0.507. The van der Waals surface area contributed by atoms with Gasteiger partial charge in [-0.15, -0.1) is 11.3 Å². The number of anilines is 2. The molecular formula is C13H20N4O3S. The first kappa shape index (κ1) is 15.6. The molecule has 1 aromatic rings. The predicted octanol–water partition coefficient (Wildman–Crippen LogP) is 0.228. The van der Waals surface area contributed by atoms with Crippen LogP contribution in [0.5, 0.6) is 0 Å². The van der Waals surface area contributed by atoms with Crippen molar-refractivity contribution in [3.63, 3.8) is 0 Å². The quantitative estimate of drug-likeness (QED) is 0.777. The van der Waals surface area contributed by atoms with Gasteiger partial charge in [0.15, 0.2) is 0 Å². The highest BCUT2D eigenvalue weighted by Gasteiger charge is 2.29. The second-order valence-electron chi connectivity index (χ2n) is 4.89. The Balaban J connectivity index is 2.43. The molecule has 0 aromatic carbocycles. The first-order valence-corrected chi connectivity index (χ1v) is 7.47. The van der Waals surface area contributed by atoms with Crippen LogP contribution in [0.4, 0.5) is 10.7 Å². The maximum Gasteiger partial charge on any atom is 0.343 e. The molecule has 21 heavy (non-hydrogen) atoms. The van der Waals surface area contributed by atoms with Crippen LogP contribution in [0.1, 0.15) is 20.0 Å². The minimum Gasteiger partial charge on any atom is -0.465 e. The van der Waals surface area contributed by atoms with Gasteiger partial charge in [0.2, 0.25) is 0 Å². The number of ether oxygens (including phenoxy) is 1. The third kappa shape index (κ3) is 2.96. The minimum absolute atomic E-state index is 0.195. The van der Waals surface area contributed by atoms with Gasteiger partial charge in [-0.2, -0.15) is 0 Å². The largest absolute Gasteiger partial charge is 0.465 e. The second-order valence-corrected chi connectivity index (χ2v) is 5.89. The highest BCUT2D eigenvalue weighted by Crippen LogP contribution is 2.39. The lowest BCUT2D eigenvalue weighted by atomic mass is 10.2. The molecule has 1 aliphatic heterocycles. The molecule has 1 fully saturated rings. The Bertz CT molecular complexity index is 550. The van der Waals surface area contributed by atoms with Crippen LogP contribution in [-0.4, -0.2) is 64.2 Å². The summed E-state index contributed by atoms with van der Waals surface area (Å²) in [6.07, 6.45) is 0. The molecule has 1 aliphatic rings. The topological polar surface area (TPSA) is 87.9 Å². The van der Waals surface area contributed by atoms with Gasteiger partial charge in [0.25, 0.3) is 5.91 Å². The van der Waals surface area contributed by atoms with Gasteiger partial charge in [0, 0.05) is 33.2 Å². The average Bonchev–Trinajstić information content (AvgIpc) is 2.84. The van der Waals surface area contributed by atoms with Gasteiger partial charge in [-0.1, -0.05) is 0 Å². The number of amides is 1. The number of hydrogen-bond acceptors (Lipinski definition) is 7. The molecule has 0 spiro atoms. The van der Waals surface area contributed by atoms with Crippen LogP contribution in [0.2, 0.25) is 0 Å². The maximum absolute atomic E-state index is 12.0. The first-order chi connectivity index (χ1) is 9.99. The number of hydrogen-bond donors (Lipinski definition) is 2. The number of likely N-dealkylation sites (N-methyl/N-ethyl adjacent to an activating group) is 1. The van der Waals surface area contributed by atoms with E-state index in [0.29, 0.717) is 15.4 Å². The Hall–Kier alpha value is -1.80. The Labute approximate surface area is 127 Å². The molecule has 1 saturated heterocycles. The zero-order valence-electron chi connectivity index (χ0n) is 12.4. The van der Waals surface area contributed by atoms with Gasteiger partial charge in [0.05, 0.1) is 12.8 Å². The molecule has 0 bridgehead atoms. The van der Waals surface area contributed by atoms with Crippen molar-refractivity contribution in [2.75, 3.05) is 58.0 Å². The summed E-state index contributed by atoms with van der Waals surface area (Å²) >= 11 is 1.24. The highest BCUT2D eigenvalue weighted by molar-refractivity contribution is 7.19. The number of rotatable bonds is 3. The number of methoxy groups -OCH3 is 1. The molecule has 0 radical (unpaired) electrons. The van der Waals surface area contributed by atoms with Gasteiger partial charge in [0.1, 0.15) is 15.4 Å². The average molecular weight is 312 g/mol. The number of thiophene rings is 1. The fourth-order valence-corrected chi connectivity index (χ4v) is 3.45. The fourth-order valence-electron chi connectivity index (χ4n) is 2.25. The normalized spacial score (nSPS) is 15.9. The lowest BCUT2D eigenvalue weighted by Crippen LogP contribution is -2.44. The van der Waals surface area contributed by atoms with Crippen molar-refractivity contribution in [2.24, 2.45) is 0 Å². The Morgan fingerprint density at radius 3 is 2.43 bits per heavy atom. The Morgan fingerprint density at radius 1 is 1.29 bits per heavy atom. The molecule has 7 nitrogen and oxygen atoms in total. The van der Waals surface area contributed by atoms with Gasteiger partial charge >= 0.3 is 5.97 Å². The molecule has 2 rings (SSSR count). The molecule has 0 aliphatic carbocycles. The molecule has 0 saturated carbocycles. The molecule has 0 atom stereocenters. The van der Waals surface area contributed by atoms with Gasteiger partial charge < -0.3 is 25.6 Å². The van der Waals surface area contributed by atoms with E-state index < -0.39 is 5.97 Å². The number of carbonyl (C=O) groups excluding carboxylic acids is 2. The van der Waals surface area contributed by atoms with E-state index in [1.165, 1.54) is 25.5 Å². The first-order valence-electron chi connectivity index (χ1n) is 6.65. The van der Waals surface area contributed by atoms with Gasteiger partial charge in [-0.25, -0.2) is 4.79 Å². The number of nitrogen functional groups attached to an aromatic ring is 1. The number of nitrogens with one attached hydrogen (secondary N) is 1. The third-order valence-electron chi connectivity index (χ3n) is 3.54. The zero-order chi connectivity index (χ0) is 15.6. The number of esters is 1. The summed E-state index contributed by atoms with van der Waals surface area (Å²) in [6, 6.07) is 0. The molecule has 1 aromatic heterocycles. The number of nitrogens with two attached hydrogens (primary N) is 1. The molecule has 0 unspecified atom stereocenters. The highest BCUT2D eigenvalue weighted by atomic mass is 32.1. The van der Waals surface area contributed by atoms with Crippen molar-refractivity contribution >= 4 is 33.9 Å². The maximum atomic E-state index is 12.0. The molecule has 3 N–H and O–H groups in total. The monoisotopic (exact) mass is 312 g/mol. The molecule has 2 heterocycles. The summed E-state index contributed by atoms with van der Waals surface area (Å²) in [5.41, 5.74) is 6.49. The lowest BCUT2D eigenvalue weighted by Gasteiger charge is -2.33. The Morgan fingerprint density at radius 2 is 1.90 bits per heavy atom. The van der Waals surface area contributed by atoms with Gasteiger partial charge in [-0.3, -0.25) is 4.79 Å². The summed E-state index contributed by atoms with van der Waals surface area (Å²) in [7, 11) is 4.90. The van der Waals surface area contributed by atoms with E-state index in [-0.39, 0.29) is 11.6 Å². The van der Waals surface area contributed by atoms with Crippen molar-refractivity contribution in [1.29, 1.82) is 0 Å². The van der Waals surface area contributed by atoms with E-state index in [0.717, 1.165) is 26.2 Å². The number of nitrogens with zero attached hydrogens (tertiary/aromatic N) is 2. The summed E-state index contributed by atoms with van der Waals surface area (Å²) < 4.78 is 4.82. The van der Waals surface area contributed by atoms with E-state index in [4.69, 9.17) is 10.5 Å². The van der Waals surface area contributed by atoms with E-state index >= 15 is 0 Å². The van der Waals surface area contributed by atoms with Crippen LogP contribution in [-0.2, 0) is 4.74 Å². The summed E-state index contributed by atoms with van der Waals surface area (Å²) in [4.78, 5) is 28.6. The van der Waals surface area contributed by atoms with E-state index in [1.807, 2.05) is 0 Å². The van der Waals surface area contributed by atoms with E-state index in [1.54, 1.807) is 0 Å². The van der Waals surface area contributed by atoms with Crippen LogP contribution >= 0.6 is 11.3 Å². The zero-order valence-corrected chi connectivity index (χ0v) is 13.2. The summed E-state index contributed by atoms with van der Waals surface area (Å²) in [5, 5.41) is 3.26. The van der Waals surface area contributed by atoms with E-state index in [2.05, 4.69) is 22.2 Å². The van der Waals surface area contributed by atoms with Gasteiger partial charge in [-0.05, 0) is 7.05 Å². The number of piperazine rings is 1. The fraction of sp³-hybridized carbons (Fsp3) is 0.538. The molecule has 1 amide bonds. The second kappa shape index (κ2) is 6.31. The molecular weight excluding hydrogens is 292 g/mol. The van der Waals surface area contributed by atoms with Crippen molar-refractivity contribution in [3.8, 4) is 0 Å². The van der Waals surface area contributed by atoms with E-state index in [9.17, 15) is 9.59 Å². The Kier molecular flexibility index (Phi) is 4.69. The standard InChI is InChI=1S/C13H20N4O3S/c1-15-11(18)10-9(14)8(13(19)20-3)12(21-10)17-6-4-16(2)5-7-17/h4-7,14H2,1-3H3,(H,15,18). The lowest BCUT2D eigenvalue weighted by molar-refractivity contribution is 0.0603. The van der Waals surface area contributed by atoms with Crippen molar-refractivity contribution in [3.05, 3.63) is 10.4 Å². The van der Waals surface area contributed by atoms with Crippen molar-refractivity contribution in [2.45, 2.75) is 0 Å². The number of carbonyl (C=O) groups is 2. The van der Waals surface area contributed by atoms with Crippen LogP contribution in [0.15, 0.2) is 0 Å². The van der Waals surface area contributed by atoms with Crippen LogP contribution in [0.3, 0.4) is 0 Å². The summed E-state index contributed by atoms with van der Waals surface area (Å²) in [5.74, 6) is -0.795.